The molecule has 0 spiro atoms. The van der Waals surface area contributed by atoms with Gasteiger partial charge in [-0.2, -0.15) is 5.10 Å². The summed E-state index contributed by atoms with van der Waals surface area (Å²) in [6.07, 6.45) is 5.68. The van der Waals surface area contributed by atoms with Crippen molar-refractivity contribution in [3.63, 3.8) is 0 Å². The Labute approximate surface area is 105 Å². The van der Waals surface area contributed by atoms with Gasteiger partial charge in [-0.05, 0) is 12.8 Å². The Bertz CT molecular complexity index is 492. The molecule has 0 radical (unpaired) electrons. The van der Waals surface area contributed by atoms with Gasteiger partial charge >= 0.3 is 0 Å². The van der Waals surface area contributed by atoms with Gasteiger partial charge in [0.2, 0.25) is 0 Å². The molecule has 0 atom stereocenters. The zero-order valence-electron chi connectivity index (χ0n) is 9.60. The molecule has 1 aromatic rings. The zero-order chi connectivity index (χ0) is 12.5. The predicted octanol–water partition coefficient (Wildman–Crippen LogP) is 2.07. The first-order chi connectivity index (χ1) is 8.04. The lowest BCUT2D eigenvalue weighted by Gasteiger charge is -2.14. The van der Waals surface area contributed by atoms with Gasteiger partial charge in [-0.3, -0.25) is 4.68 Å². The second-order valence-electron chi connectivity index (χ2n) is 4.21. The third kappa shape index (κ3) is 2.64. The van der Waals surface area contributed by atoms with Crippen LogP contribution in [-0.4, -0.2) is 25.3 Å². The van der Waals surface area contributed by atoms with Crippen molar-refractivity contribution < 1.29 is 13.2 Å². The van der Waals surface area contributed by atoms with Crippen molar-refractivity contribution in [2.45, 2.75) is 43.2 Å². The predicted molar refractivity (Wildman–Crippen MR) is 63.5 cm³/mol. The number of rotatable bonds is 4. The number of aromatic nitrogens is 2. The first-order valence-corrected chi connectivity index (χ1v) is 7.85. The van der Waals surface area contributed by atoms with Crippen molar-refractivity contribution in [2.75, 3.05) is 7.11 Å². The lowest BCUT2D eigenvalue weighted by Crippen LogP contribution is -2.12. The van der Waals surface area contributed by atoms with Crippen molar-refractivity contribution in [3.05, 3.63) is 11.9 Å². The third-order valence-electron chi connectivity index (χ3n) is 3.07. The molecular weight excluding hydrogens is 264 g/mol. The van der Waals surface area contributed by atoms with Crippen LogP contribution in [0.4, 0.5) is 0 Å². The van der Waals surface area contributed by atoms with E-state index in [1.54, 1.807) is 4.68 Å². The number of ether oxygens (including phenoxy) is 1. The summed E-state index contributed by atoms with van der Waals surface area (Å²) in [7, 11) is 3.15. The lowest BCUT2D eigenvalue weighted by molar-refractivity contribution is 0.171. The molecule has 7 heteroatoms. The summed E-state index contributed by atoms with van der Waals surface area (Å²) in [5, 5.41) is 4.16. The van der Waals surface area contributed by atoms with Crippen molar-refractivity contribution in [2.24, 2.45) is 0 Å². The fourth-order valence-electron chi connectivity index (χ4n) is 2.31. The van der Waals surface area contributed by atoms with Crippen LogP contribution in [0.3, 0.4) is 0 Å². The van der Waals surface area contributed by atoms with Crippen LogP contribution in [0.1, 0.15) is 37.4 Å². The quantitative estimate of drug-likeness (QED) is 0.791. The molecule has 1 aliphatic rings. The van der Waals surface area contributed by atoms with E-state index in [4.69, 9.17) is 15.4 Å². The Morgan fingerprint density at radius 1 is 1.53 bits per heavy atom. The summed E-state index contributed by atoms with van der Waals surface area (Å²) < 4.78 is 29.6. The van der Waals surface area contributed by atoms with Crippen LogP contribution in [0.2, 0.25) is 0 Å². The van der Waals surface area contributed by atoms with Crippen LogP contribution in [0.15, 0.2) is 11.1 Å². The van der Waals surface area contributed by atoms with Gasteiger partial charge in [0.15, 0.2) is 0 Å². The van der Waals surface area contributed by atoms with E-state index in [0.717, 1.165) is 25.7 Å². The van der Waals surface area contributed by atoms with Crippen LogP contribution in [0, 0.1) is 0 Å². The second kappa shape index (κ2) is 4.96. The van der Waals surface area contributed by atoms with Crippen LogP contribution >= 0.6 is 10.7 Å². The minimum Gasteiger partial charge on any atom is -0.378 e. The van der Waals surface area contributed by atoms with E-state index in [2.05, 4.69) is 5.10 Å². The first kappa shape index (κ1) is 12.9. The Morgan fingerprint density at radius 2 is 2.18 bits per heavy atom. The molecule has 1 aliphatic carbocycles. The van der Waals surface area contributed by atoms with E-state index in [-0.39, 0.29) is 17.5 Å². The average molecular weight is 279 g/mol. The number of nitrogens with zero attached hydrogens (tertiary/aromatic N) is 2. The van der Waals surface area contributed by atoms with Crippen molar-refractivity contribution in [1.29, 1.82) is 0 Å². The van der Waals surface area contributed by atoms with E-state index in [1.165, 1.54) is 13.3 Å². The van der Waals surface area contributed by atoms with Crippen LogP contribution in [0.25, 0.3) is 0 Å². The minimum absolute atomic E-state index is 0.0629. The molecule has 0 unspecified atom stereocenters. The number of halogens is 1. The molecule has 1 saturated carbocycles. The minimum atomic E-state index is -3.76. The van der Waals surface area contributed by atoms with Gasteiger partial charge in [0.25, 0.3) is 9.05 Å². The number of hydrogen-bond donors (Lipinski definition) is 0. The summed E-state index contributed by atoms with van der Waals surface area (Å²) in [4.78, 5) is 0.0629. The molecule has 1 fully saturated rings. The highest BCUT2D eigenvalue weighted by atomic mass is 35.7. The van der Waals surface area contributed by atoms with Crippen molar-refractivity contribution in [1.82, 2.24) is 9.78 Å². The Balaban J connectivity index is 2.42. The normalized spacial score (nSPS) is 17.8. The maximum absolute atomic E-state index is 11.4. The van der Waals surface area contributed by atoms with Gasteiger partial charge in [0.1, 0.15) is 4.90 Å². The number of methoxy groups -OCH3 is 1. The lowest BCUT2D eigenvalue weighted by atomic mass is 10.2. The molecule has 1 aromatic heterocycles. The molecular formula is C10H15ClN2O3S. The van der Waals surface area contributed by atoms with Gasteiger partial charge in [-0.15, -0.1) is 0 Å². The van der Waals surface area contributed by atoms with Gasteiger partial charge in [0, 0.05) is 17.8 Å². The molecule has 0 saturated heterocycles. The van der Waals surface area contributed by atoms with Crippen LogP contribution < -0.4 is 0 Å². The maximum Gasteiger partial charge on any atom is 0.264 e. The van der Waals surface area contributed by atoms with Crippen molar-refractivity contribution in [3.8, 4) is 0 Å². The smallest absolute Gasteiger partial charge is 0.264 e. The van der Waals surface area contributed by atoms with E-state index in [0.29, 0.717) is 5.69 Å². The molecule has 5 nitrogen and oxygen atoms in total. The SMILES string of the molecule is COCc1c(S(=O)(=O)Cl)cnn1C1CCCC1. The first-order valence-electron chi connectivity index (χ1n) is 5.54. The van der Waals surface area contributed by atoms with Gasteiger partial charge in [-0.25, -0.2) is 8.42 Å². The summed E-state index contributed by atoms with van der Waals surface area (Å²) in [5.74, 6) is 0. The highest BCUT2D eigenvalue weighted by Gasteiger charge is 2.26. The highest BCUT2D eigenvalue weighted by Crippen LogP contribution is 2.32. The summed E-state index contributed by atoms with van der Waals surface area (Å²) in [6, 6.07) is 0.271. The summed E-state index contributed by atoms with van der Waals surface area (Å²) in [5.41, 5.74) is 0.550. The Kier molecular flexibility index (Phi) is 3.75. The largest absolute Gasteiger partial charge is 0.378 e. The average Bonchev–Trinajstić information content (AvgIpc) is 2.82. The van der Waals surface area contributed by atoms with Crippen LogP contribution in [0.5, 0.6) is 0 Å². The summed E-state index contributed by atoms with van der Waals surface area (Å²) >= 11 is 0. The molecule has 0 aromatic carbocycles. The molecule has 0 amide bonds. The zero-order valence-corrected chi connectivity index (χ0v) is 11.2. The van der Waals surface area contributed by atoms with Crippen LogP contribution in [-0.2, 0) is 20.4 Å². The standard InChI is InChI=1S/C10H15ClN2O3S/c1-16-7-9-10(17(11,14)15)6-12-13(9)8-4-2-3-5-8/h6,8H,2-5,7H2,1H3. The highest BCUT2D eigenvalue weighted by molar-refractivity contribution is 8.13. The van der Waals surface area contributed by atoms with Gasteiger partial charge in [0.05, 0.1) is 24.5 Å². The molecule has 2 rings (SSSR count). The fraction of sp³-hybridized carbons (Fsp3) is 0.700. The molecule has 0 N–H and O–H groups in total. The van der Waals surface area contributed by atoms with E-state index >= 15 is 0 Å². The van der Waals surface area contributed by atoms with E-state index < -0.39 is 9.05 Å². The molecule has 17 heavy (non-hydrogen) atoms. The third-order valence-corrected chi connectivity index (χ3v) is 4.44. The van der Waals surface area contributed by atoms with E-state index in [9.17, 15) is 8.42 Å². The summed E-state index contributed by atoms with van der Waals surface area (Å²) in [6.45, 7) is 0.206. The second-order valence-corrected chi connectivity index (χ2v) is 6.74. The topological polar surface area (TPSA) is 61.2 Å². The fourth-order valence-corrected chi connectivity index (χ4v) is 3.31. The Morgan fingerprint density at radius 3 is 2.71 bits per heavy atom. The maximum atomic E-state index is 11.4. The van der Waals surface area contributed by atoms with E-state index in [1.807, 2.05) is 0 Å². The number of hydrogen-bond acceptors (Lipinski definition) is 4. The van der Waals surface area contributed by atoms with Gasteiger partial charge in [-0.1, -0.05) is 12.8 Å². The Hall–Kier alpha value is -0.590. The molecule has 0 bridgehead atoms. The van der Waals surface area contributed by atoms with Crippen molar-refractivity contribution >= 4 is 19.7 Å². The molecule has 96 valence electrons. The monoisotopic (exact) mass is 278 g/mol. The molecule has 0 aliphatic heterocycles. The molecule has 1 heterocycles. The van der Waals surface area contributed by atoms with Gasteiger partial charge < -0.3 is 4.74 Å².